The van der Waals surface area contributed by atoms with Gasteiger partial charge in [-0.2, -0.15) is 0 Å². The van der Waals surface area contributed by atoms with Gasteiger partial charge in [0.1, 0.15) is 17.3 Å². The van der Waals surface area contributed by atoms with Crippen LogP contribution >= 0.6 is 35.3 Å². The molecule has 3 atom stereocenters. The van der Waals surface area contributed by atoms with Crippen LogP contribution in [0.1, 0.15) is 119 Å². The third-order valence-electron chi connectivity index (χ3n) is 8.43. The molecule has 0 saturated carbocycles. The molecule has 3 aliphatic heterocycles. The van der Waals surface area contributed by atoms with Crippen molar-refractivity contribution in [3.8, 4) is 0 Å². The lowest BCUT2D eigenvalue weighted by molar-refractivity contribution is -0.108. The van der Waals surface area contributed by atoms with Crippen LogP contribution in [0.3, 0.4) is 0 Å². The Kier molecular flexibility index (Phi) is 19.5. The molecule has 0 bridgehead atoms. The molecule has 0 fully saturated rings. The molecule has 3 N–H and O–H groups in total. The standard InChI is InChI=1S/C16H26O2S.C13H18O2S.C11H14O2S/c1-4-6-7-8-9-10-12-16(3)14(17)13(11-5-2)15(18)19-16;1-3-4-5-6-7-8-9-13(2)11(14)10-12(15)16-13;1-5-7(2)6-11(4)9(12)8(3)10(13)14-11/h5,17H,2,4,6-12H2,1,3H3;6-10,14H,3-5H2,1-2H3;5-6,12H,1H2,2-4H3/b;7-6+,9-8+;7-6+/t16-;13-;11-/m111/s1. The maximum absolute atomic E-state index is 11.9. The van der Waals surface area contributed by atoms with Crippen molar-refractivity contribution in [2.24, 2.45) is 0 Å². The number of thioether (sulfide) groups is 3. The molecule has 9 heteroatoms. The average molecular weight is 731 g/mol. The summed E-state index contributed by atoms with van der Waals surface area (Å²) in [6.07, 6.45) is 26.6. The molecule has 0 spiro atoms. The molecule has 49 heavy (non-hydrogen) atoms. The largest absolute Gasteiger partial charge is 0.510 e. The number of rotatable bonds is 16. The zero-order valence-corrected chi connectivity index (χ0v) is 33.1. The van der Waals surface area contributed by atoms with Crippen LogP contribution in [0.2, 0.25) is 0 Å². The molecule has 272 valence electrons. The average Bonchev–Trinajstić information content (AvgIpc) is 3.51. The van der Waals surface area contributed by atoms with E-state index in [0.29, 0.717) is 17.6 Å². The van der Waals surface area contributed by atoms with Crippen LogP contribution < -0.4 is 0 Å². The molecule has 6 nitrogen and oxygen atoms in total. The zero-order valence-electron chi connectivity index (χ0n) is 30.6. The summed E-state index contributed by atoms with van der Waals surface area (Å²) < 4.78 is -1.59. The van der Waals surface area contributed by atoms with E-state index in [4.69, 9.17) is 0 Å². The molecule has 0 aromatic carbocycles. The second-order valence-electron chi connectivity index (χ2n) is 13.0. The van der Waals surface area contributed by atoms with Crippen LogP contribution in [0, 0.1) is 0 Å². The van der Waals surface area contributed by atoms with E-state index in [0.717, 1.165) is 48.4 Å². The molecule has 0 aromatic rings. The lowest BCUT2D eigenvalue weighted by Crippen LogP contribution is -2.20. The summed E-state index contributed by atoms with van der Waals surface area (Å²) in [6.45, 7) is 20.8. The van der Waals surface area contributed by atoms with Gasteiger partial charge in [0.15, 0.2) is 0 Å². The summed E-state index contributed by atoms with van der Waals surface area (Å²) in [5, 5.41) is 29.5. The SMILES string of the molecule is C=C/C(C)=C/[C@@]1(C)SC(=O)C(C)=C1O.C=CCC1=C(O)[C@@](C)(CCCCCCCC)SC1=O.CCCC/C=C/C=C/[C@@]1(C)SC(=O)C=C1O. The summed E-state index contributed by atoms with van der Waals surface area (Å²) in [4.78, 5) is 34.3. The molecule has 0 amide bonds. The van der Waals surface area contributed by atoms with Gasteiger partial charge in [0.25, 0.3) is 0 Å². The van der Waals surface area contributed by atoms with E-state index >= 15 is 0 Å². The second-order valence-corrected chi connectivity index (χ2v) is 17.4. The van der Waals surface area contributed by atoms with E-state index < -0.39 is 14.2 Å². The maximum Gasteiger partial charge on any atom is 0.220 e. The summed E-state index contributed by atoms with van der Waals surface area (Å²) in [5.41, 5.74) is 1.95. The number of aliphatic hydroxyl groups is 3. The molecular weight excluding hydrogens is 673 g/mol. The van der Waals surface area contributed by atoms with Crippen LogP contribution in [-0.2, 0) is 14.4 Å². The number of hydrogen-bond donors (Lipinski definition) is 3. The molecule has 3 rings (SSSR count). The monoisotopic (exact) mass is 730 g/mol. The van der Waals surface area contributed by atoms with E-state index in [-0.39, 0.29) is 32.6 Å². The van der Waals surface area contributed by atoms with E-state index in [1.807, 2.05) is 52.0 Å². The predicted molar refractivity (Wildman–Crippen MR) is 213 cm³/mol. The quantitative estimate of drug-likeness (QED) is 0.0811. The van der Waals surface area contributed by atoms with Crippen molar-refractivity contribution in [2.45, 2.75) is 133 Å². The zero-order chi connectivity index (χ0) is 37.3. The highest BCUT2D eigenvalue weighted by Crippen LogP contribution is 2.47. The Morgan fingerprint density at radius 2 is 1.45 bits per heavy atom. The van der Waals surface area contributed by atoms with Crippen molar-refractivity contribution in [2.75, 3.05) is 0 Å². The predicted octanol–water partition coefficient (Wildman–Crippen LogP) is 11.9. The lowest BCUT2D eigenvalue weighted by atomic mass is 9.96. The number of carbonyl (C=O) groups is 3. The third-order valence-corrected chi connectivity index (χ3v) is 12.0. The molecule has 3 heterocycles. The second kappa shape index (κ2) is 21.6. The maximum atomic E-state index is 11.9. The minimum atomic E-state index is -0.612. The van der Waals surface area contributed by atoms with Gasteiger partial charge in [-0.15, -0.1) is 6.58 Å². The van der Waals surface area contributed by atoms with Crippen LogP contribution in [0.5, 0.6) is 0 Å². The van der Waals surface area contributed by atoms with E-state index in [9.17, 15) is 29.7 Å². The summed E-state index contributed by atoms with van der Waals surface area (Å²) in [7, 11) is 0. The van der Waals surface area contributed by atoms with E-state index in [1.54, 1.807) is 19.1 Å². The molecule has 0 unspecified atom stereocenters. The molecule has 0 saturated heterocycles. The Morgan fingerprint density at radius 1 is 0.816 bits per heavy atom. The normalized spacial score (nSPS) is 25.6. The van der Waals surface area contributed by atoms with Crippen LogP contribution in [-0.4, -0.2) is 44.9 Å². The first kappa shape index (κ1) is 44.4. The topological polar surface area (TPSA) is 112 Å². The number of hydrogen-bond acceptors (Lipinski definition) is 9. The molecular formula is C40H58O6S3. The molecule has 0 aliphatic carbocycles. The van der Waals surface area contributed by atoms with E-state index in [1.165, 1.54) is 62.8 Å². The van der Waals surface area contributed by atoms with Gasteiger partial charge in [-0.25, -0.2) is 0 Å². The van der Waals surface area contributed by atoms with Crippen molar-refractivity contribution in [3.63, 3.8) is 0 Å². The van der Waals surface area contributed by atoms with Gasteiger partial charge in [-0.3, -0.25) is 14.4 Å². The van der Waals surface area contributed by atoms with E-state index in [2.05, 4.69) is 33.1 Å². The van der Waals surface area contributed by atoms with Gasteiger partial charge >= 0.3 is 0 Å². The fourth-order valence-corrected chi connectivity index (χ4v) is 8.45. The summed E-state index contributed by atoms with van der Waals surface area (Å²) in [5.74, 6) is 0.588. The first-order valence-corrected chi connectivity index (χ1v) is 19.7. The first-order chi connectivity index (χ1) is 23.0. The van der Waals surface area contributed by atoms with Crippen molar-refractivity contribution >= 4 is 50.6 Å². The Balaban J connectivity index is 0.000000372. The highest BCUT2D eigenvalue weighted by molar-refractivity contribution is 8.16. The van der Waals surface area contributed by atoms with Gasteiger partial charge < -0.3 is 15.3 Å². The number of carbonyl (C=O) groups excluding carboxylic acids is 3. The van der Waals surface area contributed by atoms with Crippen molar-refractivity contribution < 1.29 is 29.7 Å². The van der Waals surface area contributed by atoms with Gasteiger partial charge in [-0.1, -0.05) is 155 Å². The summed E-state index contributed by atoms with van der Waals surface area (Å²) in [6, 6.07) is 0. The lowest BCUT2D eigenvalue weighted by Gasteiger charge is -2.22. The Morgan fingerprint density at radius 3 is 1.98 bits per heavy atom. The minimum absolute atomic E-state index is 0.0193. The Hall–Kier alpha value is -2.62. The van der Waals surface area contributed by atoms with Crippen LogP contribution in [0.15, 0.2) is 95.8 Å². The smallest absolute Gasteiger partial charge is 0.220 e. The van der Waals surface area contributed by atoms with Crippen molar-refractivity contribution in [3.05, 3.63) is 95.8 Å². The first-order valence-electron chi connectivity index (χ1n) is 17.2. The molecule has 0 aromatic heterocycles. The van der Waals surface area contributed by atoms with Crippen molar-refractivity contribution in [1.82, 2.24) is 0 Å². The van der Waals surface area contributed by atoms with Crippen LogP contribution in [0.25, 0.3) is 0 Å². The Labute approximate surface area is 308 Å². The number of unbranched alkanes of at least 4 members (excludes halogenated alkanes) is 7. The van der Waals surface area contributed by atoms with Crippen molar-refractivity contribution in [1.29, 1.82) is 0 Å². The third kappa shape index (κ3) is 13.9. The highest BCUT2D eigenvalue weighted by Gasteiger charge is 2.42. The molecule has 0 radical (unpaired) electrons. The van der Waals surface area contributed by atoms with Gasteiger partial charge in [0.2, 0.25) is 15.3 Å². The number of aliphatic hydroxyl groups excluding tert-OH is 3. The van der Waals surface area contributed by atoms with Crippen LogP contribution in [0.4, 0.5) is 0 Å². The van der Waals surface area contributed by atoms with Gasteiger partial charge in [0, 0.05) is 17.2 Å². The Bertz CT molecular complexity index is 1380. The fourth-order valence-electron chi connectivity index (χ4n) is 5.25. The van der Waals surface area contributed by atoms with Gasteiger partial charge in [0.05, 0.1) is 14.2 Å². The summed E-state index contributed by atoms with van der Waals surface area (Å²) >= 11 is 3.56. The highest BCUT2D eigenvalue weighted by atomic mass is 32.2. The molecule has 3 aliphatic rings. The minimum Gasteiger partial charge on any atom is -0.510 e. The number of allylic oxidation sites excluding steroid dienone is 6. The fraction of sp³-hybridized carbons (Fsp3) is 0.525. The van der Waals surface area contributed by atoms with Gasteiger partial charge in [-0.05, 0) is 53.9 Å².